The Morgan fingerprint density at radius 2 is 1.00 bits per heavy atom. The van der Waals surface area contributed by atoms with Crippen LogP contribution in [0.15, 0.2) is 70.5 Å². The van der Waals surface area contributed by atoms with Crippen LogP contribution in [0, 0.1) is 49.4 Å². The fourth-order valence-electron chi connectivity index (χ4n) is 1.22. The van der Waals surface area contributed by atoms with Gasteiger partial charge in [0.2, 0.25) is 0 Å². The third-order valence-electron chi connectivity index (χ3n) is 1.91. The van der Waals surface area contributed by atoms with Gasteiger partial charge < -0.3 is 0 Å². The van der Waals surface area contributed by atoms with Gasteiger partial charge in [-0.3, -0.25) is 0 Å². The van der Waals surface area contributed by atoms with E-state index in [0.29, 0.717) is 0 Å². The molecule has 77 valence electrons. The molecule has 0 spiro atoms. The maximum Gasteiger partial charge on any atom is 0.0849 e. The Morgan fingerprint density at radius 3 is 1.33 bits per heavy atom. The van der Waals surface area contributed by atoms with Gasteiger partial charge in [0.15, 0.2) is 0 Å². The molecule has 0 unspecified atom stereocenters. The van der Waals surface area contributed by atoms with Crippen LogP contribution < -0.4 is 0 Å². The average Bonchev–Trinajstić information content (AvgIpc) is 2.30. The first-order chi connectivity index (χ1) is 6.88. The molecular weight excluding hydrogens is 344 g/mol. The number of hydrogen-bond donors (Lipinski definition) is 0. The summed E-state index contributed by atoms with van der Waals surface area (Å²) in [6.45, 7) is 0. The molecular formula is C12H10EuOS. The molecule has 0 N–H and O–H groups in total. The maximum absolute atomic E-state index is 12.0. The van der Waals surface area contributed by atoms with E-state index in [2.05, 4.69) is 0 Å². The van der Waals surface area contributed by atoms with Crippen LogP contribution in [0.1, 0.15) is 0 Å². The molecule has 0 heterocycles. The van der Waals surface area contributed by atoms with E-state index in [1.165, 1.54) is 0 Å². The molecule has 0 saturated heterocycles. The van der Waals surface area contributed by atoms with E-state index in [-0.39, 0.29) is 49.4 Å². The van der Waals surface area contributed by atoms with Gasteiger partial charge in [0.25, 0.3) is 0 Å². The van der Waals surface area contributed by atoms with Gasteiger partial charge in [0.1, 0.15) is 0 Å². The van der Waals surface area contributed by atoms with Crippen molar-refractivity contribution in [1.82, 2.24) is 0 Å². The molecule has 2 aromatic carbocycles. The molecule has 0 aliphatic heterocycles. The van der Waals surface area contributed by atoms with Crippen molar-refractivity contribution in [3.8, 4) is 0 Å². The monoisotopic (exact) mass is 355 g/mol. The zero-order chi connectivity index (χ0) is 9.80. The summed E-state index contributed by atoms with van der Waals surface area (Å²) in [5, 5.41) is 0. The predicted molar refractivity (Wildman–Crippen MR) is 57.6 cm³/mol. The van der Waals surface area contributed by atoms with Crippen molar-refractivity contribution in [3.05, 3.63) is 60.7 Å². The fourth-order valence-corrected chi connectivity index (χ4v) is 2.31. The van der Waals surface area contributed by atoms with Crippen molar-refractivity contribution >= 4 is 10.8 Å². The van der Waals surface area contributed by atoms with Gasteiger partial charge >= 0.3 is 0 Å². The zero-order valence-electron chi connectivity index (χ0n) is 7.97. The molecule has 0 fully saturated rings. The van der Waals surface area contributed by atoms with E-state index >= 15 is 0 Å². The molecule has 2 aromatic rings. The second-order valence-corrected chi connectivity index (χ2v) is 4.38. The summed E-state index contributed by atoms with van der Waals surface area (Å²) in [6, 6.07) is 19.0. The normalized spacial score (nSPS) is 9.67. The number of benzene rings is 2. The average molecular weight is 354 g/mol. The van der Waals surface area contributed by atoms with Crippen molar-refractivity contribution in [2.75, 3.05) is 0 Å². The SMILES string of the molecule is O=S(c1ccccc1)c1ccccc1.[Eu]. The van der Waals surface area contributed by atoms with Crippen molar-refractivity contribution in [1.29, 1.82) is 0 Å². The Balaban J connectivity index is 0.00000112. The molecule has 0 aliphatic rings. The first-order valence-electron chi connectivity index (χ1n) is 4.40. The quantitative estimate of drug-likeness (QED) is 0.811. The standard InChI is InChI=1S/C12H10OS.Eu/c13-14(11-7-3-1-4-8-11)12-9-5-2-6-10-12;/h1-10H;. The minimum Gasteiger partial charge on any atom is -0.249 e. The minimum atomic E-state index is -1.05. The van der Waals surface area contributed by atoms with Crippen LogP contribution in [0.25, 0.3) is 0 Å². The first kappa shape index (κ1) is 13.2. The molecule has 0 aliphatic carbocycles. The molecule has 0 bridgehead atoms. The van der Waals surface area contributed by atoms with Crippen LogP contribution in [0.2, 0.25) is 0 Å². The second kappa shape index (κ2) is 6.69. The van der Waals surface area contributed by atoms with E-state index in [1.54, 1.807) is 0 Å². The summed E-state index contributed by atoms with van der Waals surface area (Å²) < 4.78 is 12.0. The van der Waals surface area contributed by atoms with E-state index in [0.717, 1.165) is 9.79 Å². The Bertz CT molecular complexity index is 386. The van der Waals surface area contributed by atoms with Gasteiger partial charge in [-0.25, -0.2) is 4.21 Å². The van der Waals surface area contributed by atoms with Gasteiger partial charge in [-0.15, -0.1) is 0 Å². The van der Waals surface area contributed by atoms with E-state index < -0.39 is 10.8 Å². The largest absolute Gasteiger partial charge is 0.249 e. The fraction of sp³-hybridized carbons (Fsp3) is 0. The van der Waals surface area contributed by atoms with E-state index in [4.69, 9.17) is 0 Å². The molecule has 15 heavy (non-hydrogen) atoms. The van der Waals surface area contributed by atoms with Gasteiger partial charge in [0, 0.05) is 59.2 Å². The van der Waals surface area contributed by atoms with Crippen LogP contribution in [-0.2, 0) is 10.8 Å². The number of rotatable bonds is 2. The third-order valence-corrected chi connectivity index (χ3v) is 3.32. The molecule has 0 amide bonds. The number of hydrogen-bond acceptors (Lipinski definition) is 1. The van der Waals surface area contributed by atoms with Gasteiger partial charge in [0.05, 0.1) is 10.8 Å². The van der Waals surface area contributed by atoms with Crippen LogP contribution >= 0.6 is 0 Å². The Kier molecular flexibility index (Phi) is 5.91. The van der Waals surface area contributed by atoms with Crippen LogP contribution in [-0.4, -0.2) is 4.21 Å². The summed E-state index contributed by atoms with van der Waals surface area (Å²) in [4.78, 5) is 1.69. The van der Waals surface area contributed by atoms with Gasteiger partial charge in [-0.1, -0.05) is 36.4 Å². The summed E-state index contributed by atoms with van der Waals surface area (Å²) in [7, 11) is -1.05. The third kappa shape index (κ3) is 3.59. The smallest absolute Gasteiger partial charge is 0.0849 e. The van der Waals surface area contributed by atoms with Crippen molar-refractivity contribution < 1.29 is 53.6 Å². The Labute approximate surface area is 133 Å². The Morgan fingerprint density at radius 1 is 0.667 bits per heavy atom. The van der Waals surface area contributed by atoms with Crippen molar-refractivity contribution in [3.63, 3.8) is 0 Å². The zero-order valence-corrected chi connectivity index (χ0v) is 11.2. The summed E-state index contributed by atoms with van der Waals surface area (Å²) in [6.07, 6.45) is 0. The molecule has 3 heteroatoms. The van der Waals surface area contributed by atoms with Crippen LogP contribution in [0.5, 0.6) is 0 Å². The topological polar surface area (TPSA) is 17.1 Å². The van der Waals surface area contributed by atoms with Gasteiger partial charge in [-0.05, 0) is 24.3 Å². The maximum atomic E-state index is 12.0. The molecule has 0 atom stereocenters. The summed E-state index contributed by atoms with van der Waals surface area (Å²) in [5.74, 6) is 0. The minimum absolute atomic E-state index is 0. The van der Waals surface area contributed by atoms with E-state index in [1.807, 2.05) is 60.7 Å². The van der Waals surface area contributed by atoms with Crippen LogP contribution in [0.3, 0.4) is 0 Å². The molecule has 1 nitrogen and oxygen atoms in total. The predicted octanol–water partition coefficient (Wildman–Crippen LogP) is 2.85. The second-order valence-electron chi connectivity index (χ2n) is 2.89. The van der Waals surface area contributed by atoms with Gasteiger partial charge in [-0.2, -0.15) is 0 Å². The molecule has 0 saturated carbocycles. The van der Waals surface area contributed by atoms with Crippen molar-refractivity contribution in [2.24, 2.45) is 0 Å². The van der Waals surface area contributed by atoms with E-state index in [9.17, 15) is 4.21 Å². The summed E-state index contributed by atoms with van der Waals surface area (Å²) in [5.41, 5.74) is 0. The molecule has 1 radical (unpaired) electrons. The first-order valence-corrected chi connectivity index (χ1v) is 5.55. The van der Waals surface area contributed by atoms with Crippen molar-refractivity contribution in [2.45, 2.75) is 9.79 Å². The molecule has 0 aromatic heterocycles. The Hall–Kier alpha value is 0.174. The van der Waals surface area contributed by atoms with Crippen LogP contribution in [0.4, 0.5) is 0 Å². The summed E-state index contributed by atoms with van der Waals surface area (Å²) >= 11 is 0. The molecule has 2 rings (SSSR count).